The Morgan fingerprint density at radius 1 is 1.47 bits per heavy atom. The van der Waals surface area contributed by atoms with Gasteiger partial charge in [-0.15, -0.1) is 0 Å². The minimum atomic E-state index is -3.78. The van der Waals surface area contributed by atoms with Gasteiger partial charge in [0.2, 0.25) is 0 Å². The zero-order chi connectivity index (χ0) is 14.0. The highest BCUT2D eigenvalue weighted by Crippen LogP contribution is 2.22. The van der Waals surface area contributed by atoms with Crippen LogP contribution in [0.15, 0.2) is 29.3 Å². The van der Waals surface area contributed by atoms with Crippen LogP contribution in [0, 0.1) is 18.3 Å². The Balaban J connectivity index is 2.42. The number of aromatic nitrogens is 2. The Bertz CT molecular complexity index is 758. The molecule has 0 spiro atoms. The number of hydrogen-bond acceptors (Lipinski definition) is 5. The fourth-order valence-corrected chi connectivity index (χ4v) is 2.77. The van der Waals surface area contributed by atoms with Crippen LogP contribution >= 0.6 is 0 Å². The summed E-state index contributed by atoms with van der Waals surface area (Å²) in [6.45, 7) is 1.59. The largest absolute Gasteiger partial charge is 0.399 e. The molecule has 0 aliphatic heterocycles. The van der Waals surface area contributed by atoms with Gasteiger partial charge in [0.1, 0.15) is 11.0 Å². The summed E-state index contributed by atoms with van der Waals surface area (Å²) in [7, 11) is -3.78. The molecule has 0 saturated carbocycles. The molecule has 19 heavy (non-hydrogen) atoms. The van der Waals surface area contributed by atoms with Crippen molar-refractivity contribution < 1.29 is 8.42 Å². The fraction of sp³-hybridized carbons (Fsp3) is 0.0909. The number of nitrogen functional groups attached to an aromatic ring is 1. The van der Waals surface area contributed by atoms with Crippen LogP contribution in [0.3, 0.4) is 0 Å². The van der Waals surface area contributed by atoms with Crippen molar-refractivity contribution in [1.29, 1.82) is 5.26 Å². The average Bonchev–Trinajstić information content (AvgIpc) is 2.78. The van der Waals surface area contributed by atoms with Crippen molar-refractivity contribution in [3.05, 3.63) is 35.7 Å². The van der Waals surface area contributed by atoms with Gasteiger partial charge in [-0.3, -0.25) is 9.82 Å². The highest BCUT2D eigenvalue weighted by molar-refractivity contribution is 7.92. The number of nitrogens with one attached hydrogen (secondary N) is 2. The molecule has 0 radical (unpaired) electrons. The van der Waals surface area contributed by atoms with Crippen molar-refractivity contribution >= 4 is 21.4 Å². The normalized spacial score (nSPS) is 10.9. The van der Waals surface area contributed by atoms with Crippen molar-refractivity contribution in [2.24, 2.45) is 0 Å². The summed E-state index contributed by atoms with van der Waals surface area (Å²) in [5, 5.41) is 15.2. The first-order valence-electron chi connectivity index (χ1n) is 5.26. The first kappa shape index (κ1) is 12.9. The van der Waals surface area contributed by atoms with E-state index in [0.717, 1.165) is 0 Å². The zero-order valence-electron chi connectivity index (χ0n) is 10.0. The van der Waals surface area contributed by atoms with Gasteiger partial charge in [-0.1, -0.05) is 0 Å². The molecule has 0 bridgehead atoms. The summed E-state index contributed by atoms with van der Waals surface area (Å²) in [5.41, 5.74) is 6.68. The third-order valence-corrected chi connectivity index (χ3v) is 3.96. The molecular formula is C11H11N5O2S. The molecule has 0 aliphatic carbocycles. The first-order valence-corrected chi connectivity index (χ1v) is 6.75. The molecule has 0 saturated heterocycles. The van der Waals surface area contributed by atoms with Gasteiger partial charge >= 0.3 is 0 Å². The summed E-state index contributed by atoms with van der Waals surface area (Å²) >= 11 is 0. The Kier molecular flexibility index (Phi) is 3.14. The van der Waals surface area contributed by atoms with Gasteiger partial charge in [0.25, 0.3) is 10.0 Å². The summed E-state index contributed by atoms with van der Waals surface area (Å²) in [6.07, 6.45) is 1.21. The quantitative estimate of drug-likeness (QED) is 0.721. The number of aryl methyl sites for hydroxylation is 1. The maximum Gasteiger partial charge on any atom is 0.265 e. The van der Waals surface area contributed by atoms with Crippen LogP contribution in [0.5, 0.6) is 0 Å². The topological polar surface area (TPSA) is 125 Å². The third kappa shape index (κ3) is 2.51. The molecule has 0 fully saturated rings. The summed E-state index contributed by atoms with van der Waals surface area (Å²) in [6, 6.07) is 6.25. The highest BCUT2D eigenvalue weighted by atomic mass is 32.2. The van der Waals surface area contributed by atoms with Crippen LogP contribution < -0.4 is 10.5 Å². The van der Waals surface area contributed by atoms with Gasteiger partial charge in [-0.2, -0.15) is 10.4 Å². The summed E-state index contributed by atoms with van der Waals surface area (Å²) < 4.78 is 26.6. The van der Waals surface area contributed by atoms with Crippen molar-refractivity contribution in [1.82, 2.24) is 10.2 Å². The van der Waals surface area contributed by atoms with Crippen LogP contribution in [-0.4, -0.2) is 18.6 Å². The molecule has 0 atom stereocenters. The highest BCUT2D eigenvalue weighted by Gasteiger charge is 2.19. The summed E-state index contributed by atoms with van der Waals surface area (Å²) in [5.74, 6) is 0. The van der Waals surface area contributed by atoms with Crippen molar-refractivity contribution in [2.75, 3.05) is 10.5 Å². The number of nitrogens with zero attached hydrogens (tertiary/aromatic N) is 2. The van der Waals surface area contributed by atoms with E-state index in [1.165, 1.54) is 24.4 Å². The van der Waals surface area contributed by atoms with E-state index in [9.17, 15) is 8.42 Å². The van der Waals surface area contributed by atoms with E-state index in [1.54, 1.807) is 6.92 Å². The molecule has 1 aromatic carbocycles. The van der Waals surface area contributed by atoms with E-state index in [4.69, 9.17) is 11.0 Å². The second kappa shape index (κ2) is 4.62. The van der Waals surface area contributed by atoms with Gasteiger partial charge in [-0.05, 0) is 25.1 Å². The number of sulfonamides is 1. The SMILES string of the molecule is Cc1[nH]ncc1S(=O)(=O)Nc1ccc(N)cc1C#N. The Hall–Kier alpha value is -2.53. The van der Waals surface area contributed by atoms with Crippen LogP contribution in [-0.2, 0) is 10.0 Å². The number of nitrogens with two attached hydrogens (primary N) is 1. The molecule has 1 aromatic heterocycles. The minimum absolute atomic E-state index is 0.0354. The number of nitriles is 1. The number of rotatable bonds is 3. The monoisotopic (exact) mass is 277 g/mol. The van der Waals surface area contributed by atoms with Gasteiger partial charge in [-0.25, -0.2) is 8.42 Å². The Morgan fingerprint density at radius 3 is 2.79 bits per heavy atom. The summed E-state index contributed by atoms with van der Waals surface area (Å²) in [4.78, 5) is 0.0354. The smallest absolute Gasteiger partial charge is 0.265 e. The predicted molar refractivity (Wildman–Crippen MR) is 69.7 cm³/mol. The molecular weight excluding hydrogens is 266 g/mol. The van der Waals surface area contributed by atoms with E-state index in [1.807, 2.05) is 6.07 Å². The van der Waals surface area contributed by atoms with Gasteiger partial charge in [0.15, 0.2) is 0 Å². The maximum atomic E-state index is 12.1. The molecule has 2 aromatic rings. The Labute approximate surface area is 110 Å². The fourth-order valence-electron chi connectivity index (χ4n) is 1.55. The number of H-pyrrole nitrogens is 1. The van der Waals surface area contributed by atoms with Gasteiger partial charge < -0.3 is 5.73 Å². The zero-order valence-corrected chi connectivity index (χ0v) is 10.8. The molecule has 4 N–H and O–H groups in total. The third-order valence-electron chi connectivity index (χ3n) is 2.48. The maximum absolute atomic E-state index is 12.1. The Morgan fingerprint density at radius 2 is 2.21 bits per heavy atom. The van der Waals surface area contributed by atoms with Crippen LogP contribution in [0.1, 0.15) is 11.3 Å². The molecule has 0 aliphatic rings. The first-order chi connectivity index (χ1) is 8.94. The molecule has 98 valence electrons. The number of anilines is 2. The predicted octanol–water partition coefficient (Wildman–Crippen LogP) is 0.973. The lowest BCUT2D eigenvalue weighted by Gasteiger charge is -2.09. The molecule has 0 unspecified atom stereocenters. The molecule has 7 nitrogen and oxygen atoms in total. The molecule has 0 amide bonds. The average molecular weight is 277 g/mol. The second-order valence-corrected chi connectivity index (χ2v) is 5.53. The van der Waals surface area contributed by atoms with Crippen LogP contribution in [0.25, 0.3) is 0 Å². The van der Waals surface area contributed by atoms with Crippen LogP contribution in [0.4, 0.5) is 11.4 Å². The number of hydrogen-bond donors (Lipinski definition) is 3. The van der Waals surface area contributed by atoms with Gasteiger partial charge in [0, 0.05) is 5.69 Å². The van der Waals surface area contributed by atoms with Crippen molar-refractivity contribution in [2.45, 2.75) is 11.8 Å². The lowest BCUT2D eigenvalue weighted by atomic mass is 10.2. The van der Waals surface area contributed by atoms with E-state index in [-0.39, 0.29) is 16.1 Å². The molecule has 1 heterocycles. The van der Waals surface area contributed by atoms with Crippen molar-refractivity contribution in [3.8, 4) is 6.07 Å². The minimum Gasteiger partial charge on any atom is -0.399 e. The second-order valence-electron chi connectivity index (χ2n) is 3.88. The van der Waals surface area contributed by atoms with Crippen LogP contribution in [0.2, 0.25) is 0 Å². The van der Waals surface area contributed by atoms with Crippen molar-refractivity contribution in [3.63, 3.8) is 0 Å². The number of aromatic amines is 1. The lowest BCUT2D eigenvalue weighted by Crippen LogP contribution is -2.14. The standard InChI is InChI=1S/C11H11N5O2S/c1-7-11(6-14-15-7)19(17,18)16-10-3-2-9(13)4-8(10)5-12/h2-4,6,16H,13H2,1H3,(H,14,15). The van der Waals surface area contributed by atoms with E-state index >= 15 is 0 Å². The van der Waals surface area contributed by atoms with E-state index < -0.39 is 10.0 Å². The molecule has 8 heteroatoms. The van der Waals surface area contributed by atoms with E-state index in [0.29, 0.717) is 11.4 Å². The van der Waals surface area contributed by atoms with Gasteiger partial charge in [0.05, 0.1) is 23.1 Å². The molecule has 2 rings (SSSR count). The number of benzene rings is 1. The lowest BCUT2D eigenvalue weighted by molar-refractivity contribution is 0.600. The van der Waals surface area contributed by atoms with E-state index in [2.05, 4.69) is 14.9 Å².